The fourth-order valence-electron chi connectivity index (χ4n) is 1.23. The number of nitrogens with two attached hydrogens (primary N) is 1. The average Bonchev–Trinajstić information content (AvgIpc) is 2.28. The Bertz CT molecular complexity index is 569. The Morgan fingerprint density at radius 1 is 1.35 bits per heavy atom. The Balaban J connectivity index is 2.60. The third-order valence-corrected chi connectivity index (χ3v) is 2.03. The molecular weight excluding hydrogens is 266 g/mol. The lowest BCUT2D eigenvalue weighted by atomic mass is 10.2. The summed E-state index contributed by atoms with van der Waals surface area (Å²) in [6.45, 7) is 5.17. The fraction of sp³-hybridized carbons (Fsp3) is 0.357. The standard InChI is InChI=1S/C14H16F2N2O2/c1-14(2,3)20-13(19)18-6-4-5-9-7-12(17)11(16)8-10(9)15/h7-8H,6,17H2,1-3H3,(H,18,19). The number of halogens is 2. The Morgan fingerprint density at radius 3 is 2.60 bits per heavy atom. The number of nitrogen functional groups attached to an aromatic ring is 1. The second kappa shape index (κ2) is 6.24. The highest BCUT2D eigenvalue weighted by molar-refractivity contribution is 5.68. The van der Waals surface area contributed by atoms with E-state index >= 15 is 0 Å². The van der Waals surface area contributed by atoms with Gasteiger partial charge in [-0.1, -0.05) is 11.8 Å². The van der Waals surface area contributed by atoms with Gasteiger partial charge in [0.15, 0.2) is 0 Å². The summed E-state index contributed by atoms with van der Waals surface area (Å²) >= 11 is 0. The van der Waals surface area contributed by atoms with Crippen LogP contribution in [0.1, 0.15) is 26.3 Å². The van der Waals surface area contributed by atoms with Crippen molar-refractivity contribution in [2.24, 2.45) is 0 Å². The van der Waals surface area contributed by atoms with Crippen molar-refractivity contribution < 1.29 is 18.3 Å². The van der Waals surface area contributed by atoms with Gasteiger partial charge in [-0.25, -0.2) is 13.6 Å². The van der Waals surface area contributed by atoms with Crippen molar-refractivity contribution in [1.82, 2.24) is 5.32 Å². The van der Waals surface area contributed by atoms with Crippen LogP contribution in [0.4, 0.5) is 19.3 Å². The normalized spacial score (nSPS) is 10.4. The number of rotatable bonds is 1. The Hall–Kier alpha value is -2.29. The van der Waals surface area contributed by atoms with Gasteiger partial charge in [0, 0.05) is 6.07 Å². The van der Waals surface area contributed by atoms with Crippen LogP contribution in [0.5, 0.6) is 0 Å². The average molecular weight is 282 g/mol. The molecule has 0 atom stereocenters. The zero-order chi connectivity index (χ0) is 15.3. The van der Waals surface area contributed by atoms with Crippen molar-refractivity contribution in [1.29, 1.82) is 0 Å². The maximum absolute atomic E-state index is 13.3. The van der Waals surface area contributed by atoms with Crippen molar-refractivity contribution >= 4 is 11.8 Å². The molecule has 0 aliphatic rings. The number of nitrogens with one attached hydrogen (secondary N) is 1. The first kappa shape index (κ1) is 15.8. The Labute approximate surface area is 116 Å². The number of benzene rings is 1. The first-order valence-electron chi connectivity index (χ1n) is 5.89. The van der Waals surface area contributed by atoms with E-state index in [-0.39, 0.29) is 17.8 Å². The van der Waals surface area contributed by atoms with Gasteiger partial charge in [0.2, 0.25) is 0 Å². The maximum atomic E-state index is 13.3. The minimum absolute atomic E-state index is 0.0222. The van der Waals surface area contributed by atoms with E-state index in [1.807, 2.05) is 0 Å². The molecule has 0 aromatic heterocycles. The fourth-order valence-corrected chi connectivity index (χ4v) is 1.23. The van der Waals surface area contributed by atoms with Gasteiger partial charge in [-0.2, -0.15) is 0 Å². The molecule has 1 amide bonds. The van der Waals surface area contributed by atoms with Gasteiger partial charge in [0.1, 0.15) is 17.2 Å². The lowest BCUT2D eigenvalue weighted by molar-refractivity contribution is 0.0535. The lowest BCUT2D eigenvalue weighted by Gasteiger charge is -2.18. The van der Waals surface area contributed by atoms with E-state index in [9.17, 15) is 13.6 Å². The summed E-state index contributed by atoms with van der Waals surface area (Å²) in [6.07, 6.45) is -0.620. The zero-order valence-electron chi connectivity index (χ0n) is 11.5. The first-order chi connectivity index (χ1) is 9.19. The van der Waals surface area contributed by atoms with E-state index in [2.05, 4.69) is 17.2 Å². The molecule has 0 unspecified atom stereocenters. The highest BCUT2D eigenvalue weighted by Crippen LogP contribution is 2.15. The smallest absolute Gasteiger partial charge is 0.408 e. The molecule has 108 valence electrons. The van der Waals surface area contributed by atoms with Crippen LogP contribution in [-0.2, 0) is 4.74 Å². The maximum Gasteiger partial charge on any atom is 0.408 e. The molecule has 0 spiro atoms. The summed E-state index contributed by atoms with van der Waals surface area (Å²) in [5.74, 6) is 3.35. The highest BCUT2D eigenvalue weighted by atomic mass is 19.1. The largest absolute Gasteiger partial charge is 0.444 e. The van der Waals surface area contributed by atoms with Gasteiger partial charge in [0.05, 0.1) is 17.8 Å². The quantitative estimate of drug-likeness (QED) is 0.614. The number of hydrogen-bond donors (Lipinski definition) is 2. The van der Waals surface area contributed by atoms with Crippen molar-refractivity contribution in [3.05, 3.63) is 29.3 Å². The van der Waals surface area contributed by atoms with Crippen LogP contribution >= 0.6 is 0 Å². The van der Waals surface area contributed by atoms with Crippen LogP contribution in [0.15, 0.2) is 12.1 Å². The van der Waals surface area contributed by atoms with Crippen LogP contribution < -0.4 is 11.1 Å². The van der Waals surface area contributed by atoms with Crippen molar-refractivity contribution in [3.63, 3.8) is 0 Å². The molecule has 3 N–H and O–H groups in total. The minimum Gasteiger partial charge on any atom is -0.444 e. The molecule has 0 aliphatic carbocycles. The molecule has 0 heterocycles. The number of hydrogen-bond acceptors (Lipinski definition) is 3. The summed E-state index contributed by atoms with van der Waals surface area (Å²) < 4.78 is 31.2. The summed E-state index contributed by atoms with van der Waals surface area (Å²) in [6, 6.07) is 1.77. The second-order valence-corrected chi connectivity index (χ2v) is 5.01. The third kappa shape index (κ3) is 5.14. The molecule has 0 saturated heterocycles. The molecule has 1 rings (SSSR count). The third-order valence-electron chi connectivity index (χ3n) is 2.03. The van der Waals surface area contributed by atoms with Gasteiger partial charge in [-0.3, -0.25) is 0 Å². The molecular formula is C14H16F2N2O2. The van der Waals surface area contributed by atoms with Crippen LogP contribution in [0.2, 0.25) is 0 Å². The SMILES string of the molecule is CC(C)(C)OC(=O)NCC#Cc1cc(N)c(F)cc1F. The summed E-state index contributed by atoms with van der Waals surface area (Å²) in [7, 11) is 0. The number of amides is 1. The summed E-state index contributed by atoms with van der Waals surface area (Å²) in [4.78, 5) is 11.3. The van der Waals surface area contributed by atoms with E-state index in [1.165, 1.54) is 0 Å². The molecule has 0 radical (unpaired) electrons. The molecule has 0 saturated carbocycles. The van der Waals surface area contributed by atoms with Crippen LogP contribution in [0, 0.1) is 23.5 Å². The van der Waals surface area contributed by atoms with Crippen molar-refractivity contribution in [2.45, 2.75) is 26.4 Å². The topological polar surface area (TPSA) is 64.3 Å². The number of ether oxygens (including phenoxy) is 1. The summed E-state index contributed by atoms with van der Waals surface area (Å²) in [5.41, 5.74) is 4.49. The van der Waals surface area contributed by atoms with Gasteiger partial charge < -0.3 is 15.8 Å². The van der Waals surface area contributed by atoms with E-state index in [0.717, 1.165) is 6.07 Å². The number of anilines is 1. The van der Waals surface area contributed by atoms with E-state index in [4.69, 9.17) is 10.5 Å². The van der Waals surface area contributed by atoms with Crippen molar-refractivity contribution in [2.75, 3.05) is 12.3 Å². The Morgan fingerprint density at radius 2 is 2.00 bits per heavy atom. The minimum atomic E-state index is -0.833. The zero-order valence-corrected chi connectivity index (χ0v) is 11.5. The van der Waals surface area contributed by atoms with Crippen LogP contribution in [0.3, 0.4) is 0 Å². The van der Waals surface area contributed by atoms with Gasteiger partial charge in [-0.15, -0.1) is 0 Å². The van der Waals surface area contributed by atoms with Crippen molar-refractivity contribution in [3.8, 4) is 11.8 Å². The Kier molecular flexibility index (Phi) is 4.92. The van der Waals surface area contributed by atoms with E-state index < -0.39 is 23.3 Å². The van der Waals surface area contributed by atoms with Gasteiger partial charge in [0.25, 0.3) is 0 Å². The number of carbonyl (C=O) groups excluding carboxylic acids is 1. The van der Waals surface area contributed by atoms with Gasteiger partial charge >= 0.3 is 6.09 Å². The number of alkyl carbamates (subject to hydrolysis) is 1. The van der Waals surface area contributed by atoms with E-state index in [0.29, 0.717) is 6.07 Å². The molecule has 20 heavy (non-hydrogen) atoms. The molecule has 0 bridgehead atoms. The first-order valence-corrected chi connectivity index (χ1v) is 5.89. The monoisotopic (exact) mass is 282 g/mol. The van der Waals surface area contributed by atoms with Crippen LogP contribution in [-0.4, -0.2) is 18.2 Å². The molecule has 0 fully saturated rings. The molecule has 4 nitrogen and oxygen atoms in total. The molecule has 1 aromatic rings. The van der Waals surface area contributed by atoms with E-state index in [1.54, 1.807) is 20.8 Å². The number of carbonyl (C=O) groups is 1. The predicted molar refractivity (Wildman–Crippen MR) is 71.9 cm³/mol. The second-order valence-electron chi connectivity index (χ2n) is 5.01. The van der Waals surface area contributed by atoms with Crippen LogP contribution in [0.25, 0.3) is 0 Å². The molecule has 0 aliphatic heterocycles. The van der Waals surface area contributed by atoms with Gasteiger partial charge in [-0.05, 0) is 26.8 Å². The lowest BCUT2D eigenvalue weighted by Crippen LogP contribution is -2.32. The molecule has 1 aromatic carbocycles. The molecule has 6 heteroatoms. The highest BCUT2D eigenvalue weighted by Gasteiger charge is 2.15. The predicted octanol–water partition coefficient (Wildman–Crippen LogP) is 2.42. The summed E-state index contributed by atoms with van der Waals surface area (Å²) in [5, 5.41) is 2.39.